The van der Waals surface area contributed by atoms with Gasteiger partial charge in [-0.25, -0.2) is 9.82 Å². The highest BCUT2D eigenvalue weighted by molar-refractivity contribution is 5.78. The fourth-order valence-electron chi connectivity index (χ4n) is 1.77. The van der Waals surface area contributed by atoms with Crippen molar-refractivity contribution in [2.24, 2.45) is 0 Å². The summed E-state index contributed by atoms with van der Waals surface area (Å²) >= 11 is 0. The number of nitrogens with zero attached hydrogens (tertiary/aromatic N) is 1. The number of hydrogen-bond donors (Lipinski definition) is 1. The minimum atomic E-state index is -0.267. The summed E-state index contributed by atoms with van der Waals surface area (Å²) in [5, 5.41) is 1.57. The largest absolute Gasteiger partial charge is 0.278 e. The van der Waals surface area contributed by atoms with Crippen molar-refractivity contribution >= 4 is 5.91 Å². The van der Waals surface area contributed by atoms with Crippen LogP contribution in [0.3, 0.4) is 0 Å². The summed E-state index contributed by atoms with van der Waals surface area (Å²) in [6.07, 6.45) is 0.400. The summed E-state index contributed by atoms with van der Waals surface area (Å²) in [6.45, 7) is 2.53. The van der Waals surface area contributed by atoms with Crippen molar-refractivity contribution in [1.82, 2.24) is 10.4 Å². The molecule has 1 aromatic carbocycles. The summed E-state index contributed by atoms with van der Waals surface area (Å²) in [5.74, 6) is -0.205. The second kappa shape index (κ2) is 3.98. The van der Waals surface area contributed by atoms with Crippen molar-refractivity contribution in [3.05, 3.63) is 35.6 Å². The summed E-state index contributed by atoms with van der Waals surface area (Å²) < 4.78 is 13.0. The second-order valence-corrected chi connectivity index (χ2v) is 3.58. The molecule has 1 aromatic rings. The Hall–Kier alpha value is -1.42. The Morgan fingerprint density at radius 1 is 1.60 bits per heavy atom. The van der Waals surface area contributed by atoms with Gasteiger partial charge in [-0.3, -0.25) is 9.80 Å². The summed E-state index contributed by atoms with van der Waals surface area (Å²) in [4.78, 5) is 11.4. The Kier molecular flexibility index (Phi) is 2.68. The van der Waals surface area contributed by atoms with Crippen molar-refractivity contribution in [3.63, 3.8) is 0 Å². The second-order valence-electron chi connectivity index (χ2n) is 3.58. The molecule has 0 aliphatic carbocycles. The predicted octanol–water partition coefficient (Wildman–Crippen LogP) is 1.62. The van der Waals surface area contributed by atoms with Crippen LogP contribution in [0.25, 0.3) is 0 Å². The molecule has 1 N–H and O–H groups in total. The number of rotatable bonds is 2. The SMILES string of the molecule is CCN1NC(c2cccc(F)c2)CC1=O. The topological polar surface area (TPSA) is 32.3 Å². The van der Waals surface area contributed by atoms with Gasteiger partial charge in [0.1, 0.15) is 5.82 Å². The van der Waals surface area contributed by atoms with Crippen LogP contribution in [0.2, 0.25) is 0 Å². The molecule has 0 saturated carbocycles. The average Bonchev–Trinajstić information content (AvgIpc) is 2.60. The smallest absolute Gasteiger partial charge is 0.238 e. The quantitative estimate of drug-likeness (QED) is 0.801. The van der Waals surface area contributed by atoms with E-state index in [9.17, 15) is 9.18 Å². The van der Waals surface area contributed by atoms with Crippen LogP contribution in [-0.4, -0.2) is 17.5 Å². The van der Waals surface area contributed by atoms with Gasteiger partial charge in [-0.2, -0.15) is 0 Å². The Bertz CT molecular complexity index is 381. The number of nitrogens with one attached hydrogen (secondary N) is 1. The van der Waals surface area contributed by atoms with Crippen LogP contribution in [0.4, 0.5) is 4.39 Å². The van der Waals surface area contributed by atoms with Crippen LogP contribution in [0, 0.1) is 5.82 Å². The number of benzene rings is 1. The van der Waals surface area contributed by atoms with Crippen LogP contribution in [0.1, 0.15) is 24.9 Å². The molecule has 1 heterocycles. The fourth-order valence-corrected chi connectivity index (χ4v) is 1.77. The van der Waals surface area contributed by atoms with Crippen molar-refractivity contribution in [1.29, 1.82) is 0 Å². The number of carbonyl (C=O) groups is 1. The molecular formula is C11H13FN2O. The Balaban J connectivity index is 2.17. The van der Waals surface area contributed by atoms with E-state index in [0.29, 0.717) is 13.0 Å². The minimum absolute atomic E-state index is 0.0618. The normalized spacial score (nSPS) is 21.1. The fraction of sp³-hybridized carbons (Fsp3) is 0.364. The molecular weight excluding hydrogens is 195 g/mol. The zero-order valence-electron chi connectivity index (χ0n) is 8.53. The maximum absolute atomic E-state index is 13.0. The first-order chi connectivity index (χ1) is 7.20. The number of hydrogen-bond acceptors (Lipinski definition) is 2. The lowest BCUT2D eigenvalue weighted by molar-refractivity contribution is -0.129. The summed E-state index contributed by atoms with van der Waals surface area (Å²) in [6, 6.07) is 6.26. The minimum Gasteiger partial charge on any atom is -0.278 e. The van der Waals surface area contributed by atoms with Crippen molar-refractivity contribution in [2.75, 3.05) is 6.54 Å². The zero-order chi connectivity index (χ0) is 10.8. The Labute approximate surface area is 87.9 Å². The third-order valence-corrected chi connectivity index (χ3v) is 2.56. The number of amides is 1. The molecule has 1 amide bonds. The lowest BCUT2D eigenvalue weighted by atomic mass is 10.1. The Morgan fingerprint density at radius 2 is 2.40 bits per heavy atom. The van der Waals surface area contributed by atoms with E-state index in [-0.39, 0.29) is 17.8 Å². The molecule has 0 aromatic heterocycles. The van der Waals surface area contributed by atoms with E-state index in [1.807, 2.05) is 13.0 Å². The lowest BCUT2D eigenvalue weighted by Crippen LogP contribution is -2.34. The first-order valence-electron chi connectivity index (χ1n) is 5.02. The van der Waals surface area contributed by atoms with Crippen molar-refractivity contribution < 1.29 is 9.18 Å². The van der Waals surface area contributed by atoms with Crippen LogP contribution in [-0.2, 0) is 4.79 Å². The summed E-state index contributed by atoms with van der Waals surface area (Å²) in [5.41, 5.74) is 3.87. The third kappa shape index (κ3) is 1.99. The first kappa shape index (κ1) is 10.1. The van der Waals surface area contributed by atoms with Gasteiger partial charge < -0.3 is 0 Å². The van der Waals surface area contributed by atoms with Gasteiger partial charge in [-0.15, -0.1) is 0 Å². The van der Waals surface area contributed by atoms with Gasteiger partial charge in [-0.05, 0) is 24.6 Å². The molecule has 1 aliphatic rings. The molecule has 80 valence electrons. The number of halogens is 1. The van der Waals surface area contributed by atoms with E-state index in [2.05, 4.69) is 5.43 Å². The molecule has 0 spiro atoms. The number of carbonyl (C=O) groups excluding carboxylic acids is 1. The molecule has 2 rings (SSSR count). The molecule has 0 bridgehead atoms. The van der Waals surface area contributed by atoms with E-state index < -0.39 is 0 Å². The molecule has 1 aliphatic heterocycles. The van der Waals surface area contributed by atoms with Crippen molar-refractivity contribution in [2.45, 2.75) is 19.4 Å². The van der Waals surface area contributed by atoms with E-state index in [1.165, 1.54) is 12.1 Å². The van der Waals surface area contributed by atoms with Gasteiger partial charge in [0.25, 0.3) is 0 Å². The van der Waals surface area contributed by atoms with E-state index in [4.69, 9.17) is 0 Å². The van der Waals surface area contributed by atoms with E-state index in [0.717, 1.165) is 5.56 Å². The van der Waals surface area contributed by atoms with Crippen LogP contribution in [0.15, 0.2) is 24.3 Å². The van der Waals surface area contributed by atoms with Gasteiger partial charge in [0.05, 0.1) is 6.04 Å². The highest BCUT2D eigenvalue weighted by Crippen LogP contribution is 2.23. The first-order valence-corrected chi connectivity index (χ1v) is 5.02. The van der Waals surface area contributed by atoms with Crippen LogP contribution >= 0.6 is 0 Å². The van der Waals surface area contributed by atoms with Gasteiger partial charge in [0, 0.05) is 13.0 Å². The van der Waals surface area contributed by atoms with Crippen LogP contribution in [0.5, 0.6) is 0 Å². The predicted molar refractivity (Wildman–Crippen MR) is 54.3 cm³/mol. The maximum Gasteiger partial charge on any atom is 0.238 e. The molecule has 1 unspecified atom stereocenters. The molecule has 0 radical (unpaired) electrons. The monoisotopic (exact) mass is 208 g/mol. The highest BCUT2D eigenvalue weighted by atomic mass is 19.1. The zero-order valence-corrected chi connectivity index (χ0v) is 8.53. The summed E-state index contributed by atoms with van der Waals surface area (Å²) in [7, 11) is 0. The molecule has 1 fully saturated rings. The molecule has 4 heteroatoms. The maximum atomic E-state index is 13.0. The van der Waals surface area contributed by atoms with Crippen molar-refractivity contribution in [3.8, 4) is 0 Å². The van der Waals surface area contributed by atoms with E-state index >= 15 is 0 Å². The standard InChI is InChI=1S/C11H13FN2O/c1-2-14-11(15)7-10(13-14)8-4-3-5-9(12)6-8/h3-6,10,13H,2,7H2,1H3. The van der Waals surface area contributed by atoms with Crippen LogP contribution < -0.4 is 5.43 Å². The molecule has 1 saturated heterocycles. The number of hydrazine groups is 1. The van der Waals surface area contributed by atoms with E-state index in [1.54, 1.807) is 11.1 Å². The van der Waals surface area contributed by atoms with Gasteiger partial charge >= 0.3 is 0 Å². The average molecular weight is 208 g/mol. The van der Waals surface area contributed by atoms with Gasteiger partial charge in [0.15, 0.2) is 0 Å². The lowest BCUT2D eigenvalue weighted by Gasteiger charge is -2.15. The van der Waals surface area contributed by atoms with Gasteiger partial charge in [0.2, 0.25) is 5.91 Å². The van der Waals surface area contributed by atoms with Gasteiger partial charge in [-0.1, -0.05) is 12.1 Å². The third-order valence-electron chi connectivity index (χ3n) is 2.56. The molecule has 1 atom stereocenters. The Morgan fingerprint density at radius 3 is 3.00 bits per heavy atom. The molecule has 3 nitrogen and oxygen atoms in total. The molecule has 15 heavy (non-hydrogen) atoms. The highest BCUT2D eigenvalue weighted by Gasteiger charge is 2.28.